The maximum atomic E-state index is 5.63. The summed E-state index contributed by atoms with van der Waals surface area (Å²) in [6, 6.07) is 0. The van der Waals surface area contributed by atoms with E-state index < -0.39 is 0 Å². The Bertz CT molecular complexity index is 306. The molecule has 0 aromatic carbocycles. The average molecular weight is 181 g/mol. The van der Waals surface area contributed by atoms with E-state index in [4.69, 9.17) is 4.74 Å². The predicted octanol–water partition coefficient (Wildman–Crippen LogP) is 0.978. The molecule has 1 aromatic heterocycles. The Balaban J connectivity index is 2.33. The highest BCUT2D eigenvalue weighted by molar-refractivity contribution is 5.53. The first kappa shape index (κ1) is 8.41. The molecule has 0 bridgehead atoms. The lowest BCUT2D eigenvalue weighted by molar-refractivity contribution is 0.176. The van der Waals surface area contributed by atoms with Crippen LogP contribution in [0.1, 0.15) is 6.92 Å². The highest BCUT2D eigenvalue weighted by atomic mass is 16.5. The molecule has 0 N–H and O–H groups in total. The lowest BCUT2D eigenvalue weighted by Gasteiger charge is -2.23. The number of aromatic nitrogens is 2. The van der Waals surface area contributed by atoms with Gasteiger partial charge >= 0.3 is 0 Å². The van der Waals surface area contributed by atoms with Crippen LogP contribution in [0, 0.1) is 5.92 Å². The Hall–Kier alpha value is -1.19. The fraction of sp³-hybridized carbons (Fsp3) is 0.667. The summed E-state index contributed by atoms with van der Waals surface area (Å²) >= 11 is 0. The van der Waals surface area contributed by atoms with E-state index in [1.165, 1.54) is 0 Å². The smallest absolute Gasteiger partial charge is 0.236 e. The molecule has 0 saturated carbocycles. The van der Waals surface area contributed by atoms with Gasteiger partial charge in [0.2, 0.25) is 5.88 Å². The summed E-state index contributed by atoms with van der Waals surface area (Å²) < 4.78 is 7.56. The van der Waals surface area contributed by atoms with Crippen molar-refractivity contribution in [2.24, 2.45) is 5.92 Å². The van der Waals surface area contributed by atoms with E-state index in [0.29, 0.717) is 5.92 Å². The Morgan fingerprint density at radius 1 is 1.62 bits per heavy atom. The molecular formula is C9H15N3O. The molecule has 0 spiro atoms. The molecule has 0 radical (unpaired) electrons. The Morgan fingerprint density at radius 3 is 3.08 bits per heavy atom. The van der Waals surface area contributed by atoms with Crippen molar-refractivity contribution in [1.82, 2.24) is 9.78 Å². The van der Waals surface area contributed by atoms with Gasteiger partial charge in [0.05, 0.1) is 19.3 Å². The van der Waals surface area contributed by atoms with Gasteiger partial charge in [-0.3, -0.25) is 0 Å². The SMILES string of the molecule is CC1COc2c(N(C)C)cnn2C1. The second-order valence-electron chi connectivity index (χ2n) is 3.83. The number of fused-ring (bicyclic) bond motifs is 1. The van der Waals surface area contributed by atoms with Crippen molar-refractivity contribution >= 4 is 5.69 Å². The fourth-order valence-electron chi connectivity index (χ4n) is 1.52. The van der Waals surface area contributed by atoms with Gasteiger partial charge in [-0.25, -0.2) is 4.68 Å². The molecule has 4 heteroatoms. The zero-order valence-electron chi connectivity index (χ0n) is 8.32. The molecule has 0 fully saturated rings. The van der Waals surface area contributed by atoms with Crippen LogP contribution in [0.4, 0.5) is 5.69 Å². The largest absolute Gasteiger partial charge is 0.476 e. The number of ether oxygens (including phenoxy) is 1. The van der Waals surface area contributed by atoms with Crippen molar-refractivity contribution in [3.05, 3.63) is 6.20 Å². The topological polar surface area (TPSA) is 30.3 Å². The summed E-state index contributed by atoms with van der Waals surface area (Å²) in [7, 11) is 4.00. The minimum absolute atomic E-state index is 0.558. The molecular weight excluding hydrogens is 166 g/mol. The highest BCUT2D eigenvalue weighted by Gasteiger charge is 2.21. The van der Waals surface area contributed by atoms with E-state index in [1.807, 2.05) is 29.9 Å². The van der Waals surface area contributed by atoms with Crippen molar-refractivity contribution in [3.63, 3.8) is 0 Å². The van der Waals surface area contributed by atoms with Crippen molar-refractivity contribution < 1.29 is 4.74 Å². The summed E-state index contributed by atoms with van der Waals surface area (Å²) in [5.74, 6) is 1.46. The van der Waals surface area contributed by atoms with Crippen LogP contribution in [-0.2, 0) is 6.54 Å². The third-order valence-corrected chi connectivity index (χ3v) is 2.24. The molecule has 13 heavy (non-hydrogen) atoms. The fourth-order valence-corrected chi connectivity index (χ4v) is 1.52. The zero-order chi connectivity index (χ0) is 9.42. The van der Waals surface area contributed by atoms with Crippen LogP contribution >= 0.6 is 0 Å². The van der Waals surface area contributed by atoms with E-state index in [9.17, 15) is 0 Å². The minimum atomic E-state index is 0.558. The summed E-state index contributed by atoms with van der Waals surface area (Å²) in [6.07, 6.45) is 1.85. The third-order valence-electron chi connectivity index (χ3n) is 2.24. The molecule has 1 atom stereocenters. The lowest BCUT2D eigenvalue weighted by atomic mass is 10.2. The van der Waals surface area contributed by atoms with Crippen LogP contribution < -0.4 is 9.64 Å². The number of rotatable bonds is 1. The molecule has 1 aliphatic heterocycles. The maximum absolute atomic E-state index is 5.63. The first-order valence-corrected chi connectivity index (χ1v) is 4.54. The van der Waals surface area contributed by atoms with Gasteiger partial charge < -0.3 is 9.64 Å². The van der Waals surface area contributed by atoms with Crippen LogP contribution in [0.15, 0.2) is 6.20 Å². The molecule has 72 valence electrons. The summed E-state index contributed by atoms with van der Waals surface area (Å²) in [5.41, 5.74) is 1.06. The summed E-state index contributed by atoms with van der Waals surface area (Å²) in [6.45, 7) is 3.93. The van der Waals surface area contributed by atoms with E-state index in [2.05, 4.69) is 12.0 Å². The molecule has 2 heterocycles. The lowest BCUT2D eigenvalue weighted by Crippen LogP contribution is -2.24. The quantitative estimate of drug-likeness (QED) is 0.647. The van der Waals surface area contributed by atoms with Crippen molar-refractivity contribution in [2.45, 2.75) is 13.5 Å². The van der Waals surface area contributed by atoms with Crippen LogP contribution in [0.2, 0.25) is 0 Å². The number of hydrogen-bond donors (Lipinski definition) is 0. The molecule has 0 aliphatic carbocycles. The molecule has 2 rings (SSSR count). The van der Waals surface area contributed by atoms with Gasteiger partial charge in [-0.05, 0) is 0 Å². The van der Waals surface area contributed by atoms with E-state index >= 15 is 0 Å². The van der Waals surface area contributed by atoms with Gasteiger partial charge in [0, 0.05) is 20.0 Å². The van der Waals surface area contributed by atoms with Crippen LogP contribution in [0.5, 0.6) is 5.88 Å². The molecule has 0 saturated heterocycles. The zero-order valence-corrected chi connectivity index (χ0v) is 8.32. The van der Waals surface area contributed by atoms with Gasteiger partial charge in [-0.1, -0.05) is 6.92 Å². The second-order valence-corrected chi connectivity index (χ2v) is 3.83. The second kappa shape index (κ2) is 2.94. The summed E-state index contributed by atoms with van der Waals surface area (Å²) in [5, 5.41) is 4.28. The third kappa shape index (κ3) is 1.36. The van der Waals surface area contributed by atoms with Crippen LogP contribution in [-0.4, -0.2) is 30.5 Å². The molecule has 1 unspecified atom stereocenters. The first-order chi connectivity index (χ1) is 6.18. The normalized spacial score (nSPS) is 20.7. The Kier molecular flexibility index (Phi) is 1.90. The van der Waals surface area contributed by atoms with E-state index in [-0.39, 0.29) is 0 Å². The van der Waals surface area contributed by atoms with Crippen molar-refractivity contribution in [3.8, 4) is 5.88 Å². The highest BCUT2D eigenvalue weighted by Crippen LogP contribution is 2.30. The van der Waals surface area contributed by atoms with E-state index in [1.54, 1.807) is 0 Å². The monoisotopic (exact) mass is 181 g/mol. The van der Waals surface area contributed by atoms with Gasteiger partial charge in [-0.2, -0.15) is 5.10 Å². The number of hydrogen-bond acceptors (Lipinski definition) is 3. The standard InChI is InChI=1S/C9H15N3O/c1-7-5-12-9(13-6-7)8(4-10-12)11(2)3/h4,7H,5-6H2,1-3H3. The Morgan fingerprint density at radius 2 is 2.38 bits per heavy atom. The number of nitrogens with zero attached hydrogens (tertiary/aromatic N) is 3. The van der Waals surface area contributed by atoms with Crippen molar-refractivity contribution in [1.29, 1.82) is 0 Å². The molecule has 1 aromatic rings. The molecule has 1 aliphatic rings. The van der Waals surface area contributed by atoms with E-state index in [0.717, 1.165) is 24.7 Å². The first-order valence-electron chi connectivity index (χ1n) is 4.54. The maximum Gasteiger partial charge on any atom is 0.236 e. The van der Waals surface area contributed by atoms with Crippen LogP contribution in [0.3, 0.4) is 0 Å². The van der Waals surface area contributed by atoms with Crippen LogP contribution in [0.25, 0.3) is 0 Å². The Labute approximate surface area is 78.1 Å². The average Bonchev–Trinajstić information content (AvgIpc) is 2.46. The van der Waals surface area contributed by atoms with Gasteiger partial charge in [0.15, 0.2) is 0 Å². The predicted molar refractivity (Wildman–Crippen MR) is 51.2 cm³/mol. The molecule has 4 nitrogen and oxygen atoms in total. The summed E-state index contributed by atoms with van der Waals surface area (Å²) in [4.78, 5) is 2.02. The minimum Gasteiger partial charge on any atom is -0.476 e. The van der Waals surface area contributed by atoms with Gasteiger partial charge in [0.25, 0.3) is 0 Å². The molecule has 0 amide bonds. The van der Waals surface area contributed by atoms with Crippen molar-refractivity contribution in [2.75, 3.05) is 25.6 Å². The number of anilines is 1. The van der Waals surface area contributed by atoms with Gasteiger partial charge in [0.1, 0.15) is 5.69 Å². The van der Waals surface area contributed by atoms with Gasteiger partial charge in [-0.15, -0.1) is 0 Å².